The molecule has 0 unspecified atom stereocenters. The highest BCUT2D eigenvalue weighted by molar-refractivity contribution is 9.10. The first-order valence-corrected chi connectivity index (χ1v) is 8.13. The van der Waals surface area contributed by atoms with Crippen LogP contribution in [0.4, 0.5) is 0 Å². The van der Waals surface area contributed by atoms with Crippen molar-refractivity contribution < 1.29 is 4.79 Å². The Morgan fingerprint density at radius 1 is 1.30 bits per heavy atom. The van der Waals surface area contributed by atoms with E-state index >= 15 is 0 Å². The SMILES string of the molecule is Cc1cc(C(=O)N(C)C2CCC(C)(C)CC2)ccc1Br. The van der Waals surface area contributed by atoms with Gasteiger partial charge in [0.1, 0.15) is 0 Å². The number of rotatable bonds is 2. The molecule has 3 heteroatoms. The lowest BCUT2D eigenvalue weighted by Crippen LogP contribution is -2.40. The minimum atomic E-state index is 0.144. The summed E-state index contributed by atoms with van der Waals surface area (Å²) in [7, 11) is 1.95. The van der Waals surface area contributed by atoms with Crippen molar-refractivity contribution in [2.75, 3.05) is 7.05 Å². The molecule has 1 aromatic rings. The molecule has 0 spiro atoms. The smallest absolute Gasteiger partial charge is 0.253 e. The van der Waals surface area contributed by atoms with Crippen LogP contribution in [0.15, 0.2) is 22.7 Å². The van der Waals surface area contributed by atoms with Gasteiger partial charge >= 0.3 is 0 Å². The predicted molar refractivity (Wildman–Crippen MR) is 87.0 cm³/mol. The summed E-state index contributed by atoms with van der Waals surface area (Å²) in [6.45, 7) is 6.66. The monoisotopic (exact) mass is 337 g/mol. The van der Waals surface area contributed by atoms with Crippen LogP contribution < -0.4 is 0 Å². The van der Waals surface area contributed by atoms with Gasteiger partial charge in [0.2, 0.25) is 0 Å². The van der Waals surface area contributed by atoms with E-state index in [1.165, 1.54) is 12.8 Å². The van der Waals surface area contributed by atoms with E-state index in [1.807, 2.05) is 37.1 Å². The molecule has 0 radical (unpaired) electrons. The van der Waals surface area contributed by atoms with Gasteiger partial charge in [0.15, 0.2) is 0 Å². The van der Waals surface area contributed by atoms with Crippen LogP contribution in [0.25, 0.3) is 0 Å². The minimum Gasteiger partial charge on any atom is -0.339 e. The fourth-order valence-corrected chi connectivity index (χ4v) is 3.17. The van der Waals surface area contributed by atoms with E-state index in [2.05, 4.69) is 29.8 Å². The highest BCUT2D eigenvalue weighted by Crippen LogP contribution is 2.36. The quantitative estimate of drug-likeness (QED) is 0.759. The zero-order valence-corrected chi connectivity index (χ0v) is 14.5. The first kappa shape index (κ1) is 15.6. The average Bonchev–Trinajstić information content (AvgIpc) is 2.40. The van der Waals surface area contributed by atoms with Crippen LogP contribution in [-0.4, -0.2) is 23.9 Å². The highest BCUT2D eigenvalue weighted by atomic mass is 79.9. The van der Waals surface area contributed by atoms with Gasteiger partial charge in [-0.2, -0.15) is 0 Å². The minimum absolute atomic E-state index is 0.144. The third-order valence-electron chi connectivity index (χ3n) is 4.58. The number of nitrogens with zero attached hydrogens (tertiary/aromatic N) is 1. The number of aryl methyl sites for hydroxylation is 1. The first-order chi connectivity index (χ1) is 9.30. The molecule has 110 valence electrons. The Bertz CT molecular complexity index is 500. The zero-order valence-electron chi connectivity index (χ0n) is 12.9. The van der Waals surface area contributed by atoms with Crippen LogP contribution in [0.2, 0.25) is 0 Å². The maximum atomic E-state index is 12.6. The van der Waals surface area contributed by atoms with E-state index in [4.69, 9.17) is 0 Å². The second-order valence-electron chi connectivity index (χ2n) is 6.78. The van der Waals surface area contributed by atoms with E-state index < -0.39 is 0 Å². The lowest BCUT2D eigenvalue weighted by atomic mass is 9.75. The van der Waals surface area contributed by atoms with Crippen molar-refractivity contribution in [3.8, 4) is 0 Å². The van der Waals surface area contributed by atoms with Crippen LogP contribution in [0.3, 0.4) is 0 Å². The normalized spacial score (nSPS) is 18.9. The first-order valence-electron chi connectivity index (χ1n) is 7.33. The van der Waals surface area contributed by atoms with Gasteiger partial charge in [-0.15, -0.1) is 0 Å². The largest absolute Gasteiger partial charge is 0.339 e. The standard InChI is InChI=1S/C17H24BrNO/c1-12-11-13(5-6-15(12)18)16(20)19(4)14-7-9-17(2,3)10-8-14/h5-6,11,14H,7-10H2,1-4H3. The number of carbonyl (C=O) groups excluding carboxylic acids is 1. The maximum absolute atomic E-state index is 12.6. The molecular weight excluding hydrogens is 314 g/mol. The highest BCUT2D eigenvalue weighted by Gasteiger charge is 2.30. The summed E-state index contributed by atoms with van der Waals surface area (Å²) in [5, 5.41) is 0. The van der Waals surface area contributed by atoms with Crippen molar-refractivity contribution in [2.24, 2.45) is 5.41 Å². The Hall–Kier alpha value is -0.830. The van der Waals surface area contributed by atoms with Crippen LogP contribution in [0, 0.1) is 12.3 Å². The van der Waals surface area contributed by atoms with E-state index in [1.54, 1.807) is 0 Å². The molecule has 20 heavy (non-hydrogen) atoms. The Balaban J connectivity index is 2.07. The Labute approximate surface area is 130 Å². The molecule has 1 fully saturated rings. The molecule has 0 heterocycles. The molecule has 0 aromatic heterocycles. The molecule has 1 amide bonds. The average molecular weight is 338 g/mol. The lowest BCUT2D eigenvalue weighted by Gasteiger charge is -2.38. The van der Waals surface area contributed by atoms with Gasteiger partial charge in [0.05, 0.1) is 0 Å². The zero-order chi connectivity index (χ0) is 14.9. The Morgan fingerprint density at radius 3 is 2.45 bits per heavy atom. The maximum Gasteiger partial charge on any atom is 0.253 e. The summed E-state index contributed by atoms with van der Waals surface area (Å²) in [4.78, 5) is 14.5. The van der Waals surface area contributed by atoms with E-state index in [-0.39, 0.29) is 5.91 Å². The van der Waals surface area contributed by atoms with Crippen molar-refractivity contribution >= 4 is 21.8 Å². The summed E-state index contributed by atoms with van der Waals surface area (Å²) in [6.07, 6.45) is 4.64. The van der Waals surface area contributed by atoms with E-state index in [9.17, 15) is 4.79 Å². The number of carbonyl (C=O) groups is 1. The summed E-state index contributed by atoms with van der Waals surface area (Å²) in [5.74, 6) is 0.144. The molecule has 1 aliphatic carbocycles. The second-order valence-corrected chi connectivity index (χ2v) is 7.63. The van der Waals surface area contributed by atoms with Crippen molar-refractivity contribution in [2.45, 2.75) is 52.5 Å². The number of halogens is 1. The van der Waals surface area contributed by atoms with Gasteiger partial charge in [-0.3, -0.25) is 4.79 Å². The molecular formula is C17H24BrNO. The van der Waals surface area contributed by atoms with Crippen molar-refractivity contribution in [3.05, 3.63) is 33.8 Å². The molecule has 0 saturated heterocycles. The summed E-state index contributed by atoms with van der Waals surface area (Å²) in [5.41, 5.74) is 2.33. The molecule has 1 aromatic carbocycles. The lowest BCUT2D eigenvalue weighted by molar-refractivity contribution is 0.0635. The van der Waals surface area contributed by atoms with Crippen LogP contribution in [0.5, 0.6) is 0 Å². The molecule has 0 bridgehead atoms. The Morgan fingerprint density at radius 2 is 1.90 bits per heavy atom. The third kappa shape index (κ3) is 3.43. The van der Waals surface area contributed by atoms with Gasteiger partial charge in [0, 0.05) is 23.1 Å². The van der Waals surface area contributed by atoms with Crippen molar-refractivity contribution in [1.29, 1.82) is 0 Å². The van der Waals surface area contributed by atoms with Crippen LogP contribution in [0.1, 0.15) is 55.5 Å². The summed E-state index contributed by atoms with van der Waals surface area (Å²) >= 11 is 3.48. The number of amides is 1. The predicted octanol–water partition coefficient (Wildman–Crippen LogP) is 4.80. The van der Waals surface area contributed by atoms with Gasteiger partial charge in [-0.25, -0.2) is 0 Å². The van der Waals surface area contributed by atoms with E-state index in [0.29, 0.717) is 11.5 Å². The van der Waals surface area contributed by atoms with Crippen LogP contribution >= 0.6 is 15.9 Å². The van der Waals surface area contributed by atoms with Gasteiger partial charge in [-0.1, -0.05) is 29.8 Å². The molecule has 0 aliphatic heterocycles. The van der Waals surface area contributed by atoms with Gasteiger partial charge in [-0.05, 0) is 61.8 Å². The second kappa shape index (κ2) is 5.88. The van der Waals surface area contributed by atoms with Gasteiger partial charge < -0.3 is 4.90 Å². The summed E-state index contributed by atoms with van der Waals surface area (Å²) < 4.78 is 1.05. The fourth-order valence-electron chi connectivity index (χ4n) is 2.92. The number of benzene rings is 1. The van der Waals surface area contributed by atoms with Gasteiger partial charge in [0.25, 0.3) is 5.91 Å². The Kier molecular flexibility index (Phi) is 4.58. The molecule has 1 saturated carbocycles. The third-order valence-corrected chi connectivity index (χ3v) is 5.47. The molecule has 2 rings (SSSR count). The molecule has 0 atom stereocenters. The molecule has 2 nitrogen and oxygen atoms in total. The topological polar surface area (TPSA) is 20.3 Å². The molecule has 0 N–H and O–H groups in total. The number of hydrogen-bond donors (Lipinski definition) is 0. The van der Waals surface area contributed by atoms with E-state index in [0.717, 1.165) is 28.4 Å². The number of hydrogen-bond acceptors (Lipinski definition) is 1. The van der Waals surface area contributed by atoms with Crippen molar-refractivity contribution in [1.82, 2.24) is 4.90 Å². The fraction of sp³-hybridized carbons (Fsp3) is 0.588. The molecule has 1 aliphatic rings. The van der Waals surface area contributed by atoms with Crippen LogP contribution in [-0.2, 0) is 0 Å². The van der Waals surface area contributed by atoms with Crippen molar-refractivity contribution in [3.63, 3.8) is 0 Å². The summed E-state index contributed by atoms with van der Waals surface area (Å²) in [6, 6.07) is 6.22.